The van der Waals surface area contributed by atoms with Gasteiger partial charge in [-0.05, 0) is 36.8 Å². The van der Waals surface area contributed by atoms with Gasteiger partial charge in [-0.1, -0.05) is 6.07 Å². The fourth-order valence-corrected chi connectivity index (χ4v) is 1.51. The van der Waals surface area contributed by atoms with E-state index in [-0.39, 0.29) is 11.7 Å². The van der Waals surface area contributed by atoms with E-state index < -0.39 is 5.82 Å². The molecule has 4 nitrogen and oxygen atoms in total. The minimum atomic E-state index is -0.398. The first-order valence-electron chi connectivity index (χ1n) is 5.35. The number of nitrogens with one attached hydrogen (secondary N) is 1. The Labute approximate surface area is 104 Å². The van der Waals surface area contributed by atoms with Gasteiger partial charge in [0.15, 0.2) is 0 Å². The van der Waals surface area contributed by atoms with Crippen LogP contribution < -0.4 is 11.1 Å². The number of rotatable bonds is 2. The minimum Gasteiger partial charge on any atom is -0.384 e. The zero-order chi connectivity index (χ0) is 13.1. The second kappa shape index (κ2) is 4.83. The molecule has 0 atom stereocenters. The summed E-state index contributed by atoms with van der Waals surface area (Å²) in [5.74, 6) is -0.485. The Balaban J connectivity index is 2.24. The van der Waals surface area contributed by atoms with E-state index in [1.54, 1.807) is 19.1 Å². The first kappa shape index (κ1) is 12.0. The fourth-order valence-electron chi connectivity index (χ4n) is 1.51. The number of hydrogen-bond donors (Lipinski definition) is 2. The van der Waals surface area contributed by atoms with Crippen LogP contribution in [0.3, 0.4) is 0 Å². The van der Waals surface area contributed by atoms with Gasteiger partial charge < -0.3 is 11.1 Å². The summed E-state index contributed by atoms with van der Waals surface area (Å²) < 4.78 is 13.1. The van der Waals surface area contributed by atoms with E-state index in [0.29, 0.717) is 11.3 Å². The minimum absolute atomic E-state index is 0.263. The summed E-state index contributed by atoms with van der Waals surface area (Å²) in [7, 11) is 0. The average Bonchev–Trinajstić information content (AvgIpc) is 2.34. The lowest BCUT2D eigenvalue weighted by Crippen LogP contribution is -2.13. The number of carbonyl (C=O) groups excluding carboxylic acids is 1. The lowest BCUT2D eigenvalue weighted by molar-refractivity contribution is 0.102. The molecule has 0 aliphatic rings. The summed E-state index contributed by atoms with van der Waals surface area (Å²) >= 11 is 0. The van der Waals surface area contributed by atoms with Crippen LogP contribution in [0.4, 0.5) is 15.9 Å². The number of anilines is 2. The Morgan fingerprint density at radius 3 is 2.83 bits per heavy atom. The first-order chi connectivity index (χ1) is 8.56. The predicted molar refractivity (Wildman–Crippen MR) is 67.7 cm³/mol. The molecule has 1 aromatic carbocycles. The number of aromatic nitrogens is 1. The second-order valence-corrected chi connectivity index (χ2v) is 3.88. The molecule has 2 rings (SSSR count). The largest absolute Gasteiger partial charge is 0.384 e. The Morgan fingerprint density at radius 1 is 1.33 bits per heavy atom. The average molecular weight is 245 g/mol. The highest BCUT2D eigenvalue weighted by Crippen LogP contribution is 2.17. The van der Waals surface area contributed by atoms with Gasteiger partial charge in [0.2, 0.25) is 0 Å². The molecule has 0 bridgehead atoms. The summed E-state index contributed by atoms with van der Waals surface area (Å²) in [6, 6.07) is 7.23. The van der Waals surface area contributed by atoms with E-state index in [9.17, 15) is 9.18 Å². The molecule has 18 heavy (non-hydrogen) atoms. The number of nitrogens with zero attached hydrogens (tertiary/aromatic N) is 1. The van der Waals surface area contributed by atoms with Crippen LogP contribution >= 0.6 is 0 Å². The Kier molecular flexibility index (Phi) is 3.23. The maximum atomic E-state index is 13.1. The number of nitrogens with two attached hydrogens (primary N) is 1. The van der Waals surface area contributed by atoms with Crippen molar-refractivity contribution in [2.24, 2.45) is 0 Å². The van der Waals surface area contributed by atoms with Gasteiger partial charge in [0, 0.05) is 17.4 Å². The van der Waals surface area contributed by atoms with Gasteiger partial charge in [0.1, 0.15) is 11.6 Å². The fraction of sp³-hybridized carbons (Fsp3) is 0.0769. The molecule has 2 aromatic rings. The zero-order valence-corrected chi connectivity index (χ0v) is 9.77. The number of carbonyl (C=O) groups is 1. The number of amides is 1. The molecule has 0 fully saturated rings. The van der Waals surface area contributed by atoms with Crippen molar-refractivity contribution >= 4 is 17.4 Å². The lowest BCUT2D eigenvalue weighted by Gasteiger charge is -2.08. The number of hydrogen-bond acceptors (Lipinski definition) is 3. The third-order valence-corrected chi connectivity index (χ3v) is 2.49. The molecule has 0 saturated carbocycles. The quantitative estimate of drug-likeness (QED) is 0.853. The Morgan fingerprint density at radius 2 is 2.11 bits per heavy atom. The standard InChI is InChI=1S/C13H12FN3O/c1-8-2-3-10(14)7-11(8)17-13(18)9-4-5-16-12(15)6-9/h2-7H,1H3,(H2,15,16)(H,17,18). The predicted octanol–water partition coefficient (Wildman–Crippen LogP) is 2.36. The van der Waals surface area contributed by atoms with Gasteiger partial charge in [-0.25, -0.2) is 9.37 Å². The molecule has 0 aliphatic heterocycles. The highest BCUT2D eigenvalue weighted by Gasteiger charge is 2.08. The Bertz CT molecular complexity index is 599. The van der Waals surface area contributed by atoms with Gasteiger partial charge in [0.05, 0.1) is 0 Å². The van der Waals surface area contributed by atoms with Crippen molar-refractivity contribution in [3.63, 3.8) is 0 Å². The molecule has 0 saturated heterocycles. The van der Waals surface area contributed by atoms with Crippen LogP contribution in [-0.4, -0.2) is 10.9 Å². The molecule has 0 radical (unpaired) electrons. The van der Waals surface area contributed by atoms with E-state index >= 15 is 0 Å². The summed E-state index contributed by atoms with van der Waals surface area (Å²) in [6.07, 6.45) is 1.45. The molecule has 1 heterocycles. The highest BCUT2D eigenvalue weighted by molar-refractivity contribution is 6.04. The van der Waals surface area contributed by atoms with E-state index in [4.69, 9.17) is 5.73 Å². The summed E-state index contributed by atoms with van der Waals surface area (Å²) in [4.78, 5) is 15.7. The third-order valence-electron chi connectivity index (χ3n) is 2.49. The number of nitrogen functional groups attached to an aromatic ring is 1. The van der Waals surface area contributed by atoms with Crippen molar-refractivity contribution in [1.29, 1.82) is 0 Å². The number of benzene rings is 1. The van der Waals surface area contributed by atoms with Gasteiger partial charge >= 0.3 is 0 Å². The van der Waals surface area contributed by atoms with Crippen LogP contribution in [0.2, 0.25) is 0 Å². The van der Waals surface area contributed by atoms with Crippen LogP contribution in [0.1, 0.15) is 15.9 Å². The van der Waals surface area contributed by atoms with Crippen molar-refractivity contribution in [1.82, 2.24) is 4.98 Å². The van der Waals surface area contributed by atoms with Crippen LogP contribution in [-0.2, 0) is 0 Å². The molecule has 5 heteroatoms. The van der Waals surface area contributed by atoms with Gasteiger partial charge in [-0.2, -0.15) is 0 Å². The Hall–Kier alpha value is -2.43. The molecule has 0 aliphatic carbocycles. The molecule has 0 unspecified atom stereocenters. The normalized spacial score (nSPS) is 10.1. The maximum Gasteiger partial charge on any atom is 0.255 e. The van der Waals surface area contributed by atoms with Crippen LogP contribution in [0, 0.1) is 12.7 Å². The van der Waals surface area contributed by atoms with E-state index in [2.05, 4.69) is 10.3 Å². The summed E-state index contributed by atoms with van der Waals surface area (Å²) in [5, 5.41) is 2.63. The molecule has 3 N–H and O–H groups in total. The summed E-state index contributed by atoms with van der Waals surface area (Å²) in [6.45, 7) is 1.79. The van der Waals surface area contributed by atoms with Gasteiger partial charge in [0.25, 0.3) is 5.91 Å². The second-order valence-electron chi connectivity index (χ2n) is 3.88. The number of halogens is 1. The monoisotopic (exact) mass is 245 g/mol. The van der Waals surface area contributed by atoms with Crippen LogP contribution in [0.25, 0.3) is 0 Å². The third kappa shape index (κ3) is 2.63. The van der Waals surface area contributed by atoms with Crippen molar-refractivity contribution in [2.75, 3.05) is 11.1 Å². The number of aryl methyl sites for hydroxylation is 1. The molecule has 1 amide bonds. The van der Waals surface area contributed by atoms with E-state index in [0.717, 1.165) is 5.56 Å². The smallest absolute Gasteiger partial charge is 0.255 e. The van der Waals surface area contributed by atoms with E-state index in [1.807, 2.05) is 0 Å². The van der Waals surface area contributed by atoms with Crippen molar-refractivity contribution in [2.45, 2.75) is 6.92 Å². The van der Waals surface area contributed by atoms with Crippen molar-refractivity contribution in [3.05, 3.63) is 53.5 Å². The van der Waals surface area contributed by atoms with E-state index in [1.165, 1.54) is 24.4 Å². The lowest BCUT2D eigenvalue weighted by atomic mass is 10.2. The zero-order valence-electron chi connectivity index (χ0n) is 9.77. The molecule has 0 spiro atoms. The molecule has 92 valence electrons. The highest BCUT2D eigenvalue weighted by atomic mass is 19.1. The van der Waals surface area contributed by atoms with Crippen molar-refractivity contribution in [3.8, 4) is 0 Å². The van der Waals surface area contributed by atoms with Gasteiger partial charge in [-0.3, -0.25) is 4.79 Å². The molecular weight excluding hydrogens is 233 g/mol. The topological polar surface area (TPSA) is 68.0 Å². The molecule has 1 aromatic heterocycles. The summed E-state index contributed by atoms with van der Waals surface area (Å²) in [5.41, 5.74) is 7.10. The van der Waals surface area contributed by atoms with Crippen LogP contribution in [0.5, 0.6) is 0 Å². The molecular formula is C13H12FN3O. The van der Waals surface area contributed by atoms with Crippen molar-refractivity contribution < 1.29 is 9.18 Å². The first-order valence-corrected chi connectivity index (χ1v) is 5.35. The number of pyridine rings is 1. The van der Waals surface area contributed by atoms with Gasteiger partial charge in [-0.15, -0.1) is 0 Å². The maximum absolute atomic E-state index is 13.1. The van der Waals surface area contributed by atoms with Crippen LogP contribution in [0.15, 0.2) is 36.5 Å². The SMILES string of the molecule is Cc1ccc(F)cc1NC(=O)c1ccnc(N)c1.